The van der Waals surface area contributed by atoms with Crippen LogP contribution in [0, 0.1) is 0 Å². The summed E-state index contributed by atoms with van der Waals surface area (Å²) in [7, 11) is -3.65. The van der Waals surface area contributed by atoms with Crippen molar-refractivity contribution < 1.29 is 12.8 Å². The molecule has 0 aliphatic rings. The van der Waals surface area contributed by atoms with E-state index in [0.717, 1.165) is 5.56 Å². The highest BCUT2D eigenvalue weighted by atomic mass is 32.2. The van der Waals surface area contributed by atoms with Crippen molar-refractivity contribution in [3.8, 4) is 11.3 Å². The molecule has 88 valence electrons. The van der Waals surface area contributed by atoms with E-state index in [9.17, 15) is 8.42 Å². The summed E-state index contributed by atoms with van der Waals surface area (Å²) in [6.07, 6.45) is 1.60. The molecule has 0 saturated carbocycles. The van der Waals surface area contributed by atoms with Crippen LogP contribution in [0.15, 0.2) is 52.3 Å². The Balaban J connectivity index is 2.38. The summed E-state index contributed by atoms with van der Waals surface area (Å²) in [5.41, 5.74) is 0.783. The first-order valence-corrected chi connectivity index (χ1v) is 6.41. The molecule has 0 saturated heterocycles. The molecule has 1 aromatic carbocycles. The van der Waals surface area contributed by atoms with Crippen LogP contribution in [-0.2, 0) is 10.0 Å². The average molecular weight is 249 g/mol. The van der Waals surface area contributed by atoms with Gasteiger partial charge < -0.3 is 4.42 Å². The van der Waals surface area contributed by atoms with Gasteiger partial charge in [-0.3, -0.25) is 0 Å². The van der Waals surface area contributed by atoms with Crippen LogP contribution >= 0.6 is 0 Å². The van der Waals surface area contributed by atoms with Gasteiger partial charge in [0.05, 0.1) is 4.90 Å². The molecule has 5 heteroatoms. The third-order valence-corrected chi connectivity index (χ3v) is 3.22. The van der Waals surface area contributed by atoms with Crippen LogP contribution in [0.2, 0.25) is 0 Å². The summed E-state index contributed by atoms with van der Waals surface area (Å²) in [6, 6.07) is 9.76. The molecule has 0 fully saturated rings. The Morgan fingerprint density at radius 3 is 2.24 bits per heavy atom. The number of benzene rings is 1. The number of sulfonamides is 1. The van der Waals surface area contributed by atoms with Gasteiger partial charge in [-0.1, -0.05) is 6.58 Å². The largest absolute Gasteiger partial charge is 0.457 e. The van der Waals surface area contributed by atoms with E-state index in [2.05, 4.69) is 6.58 Å². The van der Waals surface area contributed by atoms with E-state index in [1.54, 1.807) is 30.3 Å². The van der Waals surface area contributed by atoms with E-state index in [4.69, 9.17) is 9.56 Å². The van der Waals surface area contributed by atoms with Crippen molar-refractivity contribution in [2.45, 2.75) is 4.90 Å². The van der Waals surface area contributed by atoms with Crippen LogP contribution in [0.4, 0.5) is 0 Å². The lowest BCUT2D eigenvalue weighted by Crippen LogP contribution is -2.11. The molecule has 4 nitrogen and oxygen atoms in total. The molecular formula is C12H11NO3S. The molecule has 2 N–H and O–H groups in total. The zero-order valence-corrected chi connectivity index (χ0v) is 9.78. The Morgan fingerprint density at radius 2 is 1.76 bits per heavy atom. The third-order valence-electron chi connectivity index (χ3n) is 2.30. The lowest BCUT2D eigenvalue weighted by Gasteiger charge is -1.99. The van der Waals surface area contributed by atoms with Crippen molar-refractivity contribution in [2.24, 2.45) is 5.14 Å². The molecule has 1 heterocycles. The Hall–Kier alpha value is -1.85. The van der Waals surface area contributed by atoms with Crippen molar-refractivity contribution in [3.05, 3.63) is 48.7 Å². The Bertz CT molecular complexity index is 639. The van der Waals surface area contributed by atoms with Crippen LogP contribution < -0.4 is 5.14 Å². The van der Waals surface area contributed by atoms with E-state index in [-0.39, 0.29) is 4.90 Å². The number of hydrogen-bond acceptors (Lipinski definition) is 3. The molecule has 0 spiro atoms. The smallest absolute Gasteiger partial charge is 0.238 e. The second-order valence-electron chi connectivity index (χ2n) is 3.48. The summed E-state index contributed by atoms with van der Waals surface area (Å²) in [5.74, 6) is 1.32. The first-order valence-electron chi connectivity index (χ1n) is 4.86. The summed E-state index contributed by atoms with van der Waals surface area (Å²) in [4.78, 5) is 0.0803. The highest BCUT2D eigenvalue weighted by molar-refractivity contribution is 7.89. The van der Waals surface area contributed by atoms with E-state index in [1.165, 1.54) is 12.1 Å². The number of hydrogen-bond donors (Lipinski definition) is 1. The molecule has 0 aliphatic heterocycles. The Kier molecular flexibility index (Phi) is 2.87. The van der Waals surface area contributed by atoms with Gasteiger partial charge in [-0.05, 0) is 42.5 Å². The van der Waals surface area contributed by atoms with Gasteiger partial charge in [0.1, 0.15) is 11.5 Å². The van der Waals surface area contributed by atoms with Crippen LogP contribution in [0.5, 0.6) is 0 Å². The van der Waals surface area contributed by atoms with E-state index in [0.29, 0.717) is 11.5 Å². The van der Waals surface area contributed by atoms with Crippen LogP contribution in [0.1, 0.15) is 5.76 Å². The molecule has 0 aliphatic carbocycles. The molecule has 0 bridgehead atoms. The number of rotatable bonds is 3. The van der Waals surface area contributed by atoms with E-state index in [1.807, 2.05) is 0 Å². The minimum absolute atomic E-state index is 0.0803. The van der Waals surface area contributed by atoms with Gasteiger partial charge in [-0.25, -0.2) is 13.6 Å². The predicted molar refractivity (Wildman–Crippen MR) is 65.6 cm³/mol. The topological polar surface area (TPSA) is 73.3 Å². The normalized spacial score (nSPS) is 11.4. The number of primary sulfonamides is 1. The van der Waals surface area contributed by atoms with Gasteiger partial charge >= 0.3 is 0 Å². The molecule has 0 amide bonds. The molecule has 1 aromatic heterocycles. The fraction of sp³-hybridized carbons (Fsp3) is 0. The highest BCUT2D eigenvalue weighted by Gasteiger charge is 2.08. The zero-order chi connectivity index (χ0) is 12.5. The van der Waals surface area contributed by atoms with E-state index < -0.39 is 10.0 Å². The lowest BCUT2D eigenvalue weighted by molar-refractivity contribution is 0.571. The van der Waals surface area contributed by atoms with Crippen molar-refractivity contribution in [1.82, 2.24) is 0 Å². The molecule has 0 unspecified atom stereocenters. The number of furan rings is 1. The zero-order valence-electron chi connectivity index (χ0n) is 8.96. The third kappa shape index (κ3) is 2.46. The standard InChI is InChI=1S/C12H11NO3S/c1-2-10-5-8-12(16-10)9-3-6-11(7-4-9)17(13,14)15/h2-8H,1H2,(H2,13,14,15). The molecule has 0 radical (unpaired) electrons. The van der Waals surface area contributed by atoms with Gasteiger partial charge in [-0.2, -0.15) is 0 Å². The number of nitrogens with two attached hydrogens (primary N) is 1. The Morgan fingerprint density at radius 1 is 1.12 bits per heavy atom. The molecular weight excluding hydrogens is 238 g/mol. The summed E-state index contributed by atoms with van der Waals surface area (Å²) < 4.78 is 27.6. The van der Waals surface area contributed by atoms with Crippen molar-refractivity contribution in [3.63, 3.8) is 0 Å². The fourth-order valence-corrected chi connectivity index (χ4v) is 1.94. The second-order valence-corrected chi connectivity index (χ2v) is 5.04. The van der Waals surface area contributed by atoms with Gasteiger partial charge in [0, 0.05) is 5.56 Å². The maximum atomic E-state index is 11.1. The van der Waals surface area contributed by atoms with Crippen LogP contribution in [0.3, 0.4) is 0 Å². The summed E-state index contributed by atoms with van der Waals surface area (Å²) in [6.45, 7) is 3.59. The molecule has 2 rings (SSSR count). The maximum absolute atomic E-state index is 11.1. The molecule has 17 heavy (non-hydrogen) atoms. The Labute approximate surface area is 99.4 Å². The minimum atomic E-state index is -3.65. The van der Waals surface area contributed by atoms with Crippen LogP contribution in [-0.4, -0.2) is 8.42 Å². The maximum Gasteiger partial charge on any atom is 0.238 e. The summed E-state index contributed by atoms with van der Waals surface area (Å²) >= 11 is 0. The minimum Gasteiger partial charge on any atom is -0.457 e. The summed E-state index contributed by atoms with van der Waals surface area (Å²) in [5, 5.41) is 5.01. The van der Waals surface area contributed by atoms with Gasteiger partial charge in [0.25, 0.3) is 0 Å². The lowest BCUT2D eigenvalue weighted by atomic mass is 10.2. The SMILES string of the molecule is C=Cc1ccc(-c2ccc(S(N)(=O)=O)cc2)o1. The quantitative estimate of drug-likeness (QED) is 0.906. The fourth-order valence-electron chi connectivity index (χ4n) is 1.43. The van der Waals surface area contributed by atoms with Gasteiger partial charge in [-0.15, -0.1) is 0 Å². The first-order chi connectivity index (χ1) is 8.00. The van der Waals surface area contributed by atoms with Gasteiger partial charge in [0.2, 0.25) is 10.0 Å². The van der Waals surface area contributed by atoms with Crippen molar-refractivity contribution >= 4 is 16.1 Å². The van der Waals surface area contributed by atoms with E-state index >= 15 is 0 Å². The first kappa shape index (κ1) is 11.6. The monoisotopic (exact) mass is 249 g/mol. The molecule has 0 atom stereocenters. The highest BCUT2D eigenvalue weighted by Crippen LogP contribution is 2.23. The second kappa shape index (κ2) is 4.20. The molecule has 2 aromatic rings. The van der Waals surface area contributed by atoms with Crippen molar-refractivity contribution in [2.75, 3.05) is 0 Å². The predicted octanol–water partition coefficient (Wildman–Crippen LogP) is 2.24. The van der Waals surface area contributed by atoms with Gasteiger partial charge in [0.15, 0.2) is 0 Å². The average Bonchev–Trinajstić information content (AvgIpc) is 2.76. The van der Waals surface area contributed by atoms with Crippen molar-refractivity contribution in [1.29, 1.82) is 0 Å². The van der Waals surface area contributed by atoms with Crippen LogP contribution in [0.25, 0.3) is 17.4 Å².